The molecular weight excluding hydrogens is 328 g/mol. The Morgan fingerprint density at radius 1 is 1.41 bits per heavy atom. The Bertz CT molecular complexity index is 740. The second kappa shape index (κ2) is 6.41. The van der Waals surface area contributed by atoms with Crippen LogP contribution in [-0.4, -0.2) is 41.9 Å². The van der Waals surface area contributed by atoms with Crippen LogP contribution in [0.3, 0.4) is 0 Å². The van der Waals surface area contributed by atoms with Crippen molar-refractivity contribution in [2.75, 3.05) is 19.6 Å². The van der Waals surface area contributed by atoms with Gasteiger partial charge in [-0.1, -0.05) is 0 Å². The Morgan fingerprint density at radius 2 is 2.18 bits per heavy atom. The SMILES string of the molecule is Cc1ccc(S(=O)(=O)N2CCNCC2c2nccn2C)o1.Cl. The highest BCUT2D eigenvalue weighted by molar-refractivity contribution is 7.89. The number of sulfonamides is 1. The minimum atomic E-state index is -3.66. The van der Waals surface area contributed by atoms with E-state index >= 15 is 0 Å². The molecule has 0 spiro atoms. The van der Waals surface area contributed by atoms with E-state index in [1.807, 2.05) is 17.8 Å². The van der Waals surface area contributed by atoms with Gasteiger partial charge < -0.3 is 14.3 Å². The van der Waals surface area contributed by atoms with Crippen molar-refractivity contribution in [1.29, 1.82) is 0 Å². The van der Waals surface area contributed by atoms with Gasteiger partial charge in [-0.2, -0.15) is 4.31 Å². The van der Waals surface area contributed by atoms with Crippen LogP contribution in [0.2, 0.25) is 0 Å². The molecule has 1 saturated heterocycles. The fourth-order valence-corrected chi connectivity index (χ4v) is 4.10. The third kappa shape index (κ3) is 2.91. The van der Waals surface area contributed by atoms with E-state index in [9.17, 15) is 8.42 Å². The summed E-state index contributed by atoms with van der Waals surface area (Å²) in [6.07, 6.45) is 3.48. The first-order valence-electron chi connectivity index (χ1n) is 6.76. The number of furan rings is 1. The molecular formula is C13H19ClN4O3S. The van der Waals surface area contributed by atoms with Gasteiger partial charge >= 0.3 is 0 Å². The highest BCUT2D eigenvalue weighted by atomic mass is 35.5. The van der Waals surface area contributed by atoms with Crippen LogP contribution in [0.5, 0.6) is 0 Å². The molecule has 1 aliphatic heterocycles. The zero-order chi connectivity index (χ0) is 15.0. The van der Waals surface area contributed by atoms with Crippen molar-refractivity contribution in [3.05, 3.63) is 36.1 Å². The van der Waals surface area contributed by atoms with Crippen molar-refractivity contribution < 1.29 is 12.8 Å². The van der Waals surface area contributed by atoms with E-state index < -0.39 is 10.0 Å². The number of piperazine rings is 1. The number of hydrogen-bond donors (Lipinski definition) is 1. The first kappa shape index (κ1) is 17.0. The Morgan fingerprint density at radius 3 is 2.77 bits per heavy atom. The van der Waals surface area contributed by atoms with Crippen LogP contribution in [0.1, 0.15) is 17.6 Å². The molecule has 2 aromatic heterocycles. The summed E-state index contributed by atoms with van der Waals surface area (Å²) in [5.41, 5.74) is 0. The molecule has 122 valence electrons. The van der Waals surface area contributed by atoms with E-state index in [2.05, 4.69) is 10.3 Å². The van der Waals surface area contributed by atoms with Gasteiger partial charge in [-0.25, -0.2) is 13.4 Å². The van der Waals surface area contributed by atoms with Crippen molar-refractivity contribution in [3.63, 3.8) is 0 Å². The lowest BCUT2D eigenvalue weighted by Crippen LogP contribution is -2.49. The quantitative estimate of drug-likeness (QED) is 0.899. The van der Waals surface area contributed by atoms with Gasteiger partial charge in [-0.05, 0) is 19.1 Å². The van der Waals surface area contributed by atoms with Gasteiger partial charge in [0.2, 0.25) is 5.09 Å². The molecule has 1 unspecified atom stereocenters. The molecule has 3 heterocycles. The summed E-state index contributed by atoms with van der Waals surface area (Å²) in [5.74, 6) is 1.30. The average molecular weight is 347 g/mol. The van der Waals surface area contributed by atoms with Gasteiger partial charge in [0.15, 0.2) is 0 Å². The molecule has 1 N–H and O–H groups in total. The smallest absolute Gasteiger partial charge is 0.277 e. The maximum absolute atomic E-state index is 12.8. The van der Waals surface area contributed by atoms with Crippen molar-refractivity contribution >= 4 is 22.4 Å². The minimum absolute atomic E-state index is 0. The van der Waals surface area contributed by atoms with Gasteiger partial charge in [-0.15, -0.1) is 12.4 Å². The summed E-state index contributed by atoms with van der Waals surface area (Å²) in [6, 6.07) is 2.82. The lowest BCUT2D eigenvalue weighted by Gasteiger charge is -2.33. The molecule has 1 atom stereocenters. The Balaban J connectivity index is 0.00000176. The molecule has 0 bridgehead atoms. The van der Waals surface area contributed by atoms with E-state index in [0.29, 0.717) is 31.2 Å². The molecule has 0 amide bonds. The van der Waals surface area contributed by atoms with Crippen LogP contribution in [0.25, 0.3) is 0 Å². The summed E-state index contributed by atoms with van der Waals surface area (Å²) in [5, 5.41) is 3.21. The van der Waals surface area contributed by atoms with Gasteiger partial charge in [0.1, 0.15) is 11.6 Å². The number of hydrogen-bond acceptors (Lipinski definition) is 5. The molecule has 0 saturated carbocycles. The molecule has 0 aliphatic carbocycles. The summed E-state index contributed by atoms with van der Waals surface area (Å²) in [4.78, 5) is 4.29. The predicted octanol–water partition coefficient (Wildman–Crippen LogP) is 1.08. The molecule has 1 fully saturated rings. The molecule has 3 rings (SSSR count). The largest absolute Gasteiger partial charge is 0.449 e. The molecule has 22 heavy (non-hydrogen) atoms. The average Bonchev–Trinajstić information content (AvgIpc) is 3.08. The second-order valence-corrected chi connectivity index (χ2v) is 6.92. The van der Waals surface area contributed by atoms with E-state index in [4.69, 9.17) is 4.42 Å². The van der Waals surface area contributed by atoms with Crippen LogP contribution in [0, 0.1) is 6.92 Å². The van der Waals surface area contributed by atoms with Crippen LogP contribution in [-0.2, 0) is 17.1 Å². The van der Waals surface area contributed by atoms with Crippen molar-refractivity contribution in [2.24, 2.45) is 7.05 Å². The van der Waals surface area contributed by atoms with Gasteiger partial charge in [0.05, 0.1) is 6.04 Å². The predicted molar refractivity (Wildman–Crippen MR) is 83.4 cm³/mol. The third-order valence-electron chi connectivity index (χ3n) is 3.63. The second-order valence-electron chi connectivity index (χ2n) is 5.10. The summed E-state index contributed by atoms with van der Waals surface area (Å²) in [7, 11) is -1.80. The maximum atomic E-state index is 12.8. The lowest BCUT2D eigenvalue weighted by atomic mass is 10.2. The maximum Gasteiger partial charge on any atom is 0.277 e. The minimum Gasteiger partial charge on any atom is -0.449 e. The van der Waals surface area contributed by atoms with E-state index in [1.165, 1.54) is 10.4 Å². The number of rotatable bonds is 3. The summed E-state index contributed by atoms with van der Waals surface area (Å²) < 4.78 is 34.2. The number of aromatic nitrogens is 2. The normalized spacial score (nSPS) is 19.8. The lowest BCUT2D eigenvalue weighted by molar-refractivity contribution is 0.251. The van der Waals surface area contributed by atoms with Crippen LogP contribution < -0.4 is 5.32 Å². The molecule has 0 aromatic carbocycles. The summed E-state index contributed by atoms with van der Waals surface area (Å²) >= 11 is 0. The van der Waals surface area contributed by atoms with Crippen molar-refractivity contribution in [3.8, 4) is 0 Å². The fraction of sp³-hybridized carbons (Fsp3) is 0.462. The first-order chi connectivity index (χ1) is 10.00. The van der Waals surface area contributed by atoms with E-state index in [-0.39, 0.29) is 23.5 Å². The van der Waals surface area contributed by atoms with Crippen LogP contribution in [0.4, 0.5) is 0 Å². The summed E-state index contributed by atoms with van der Waals surface area (Å²) in [6.45, 7) is 3.26. The Labute approximate surface area is 135 Å². The highest BCUT2D eigenvalue weighted by Gasteiger charge is 2.37. The van der Waals surface area contributed by atoms with Gasteiger partial charge in [0.25, 0.3) is 10.0 Å². The van der Waals surface area contributed by atoms with Gasteiger partial charge in [-0.3, -0.25) is 0 Å². The van der Waals surface area contributed by atoms with Crippen LogP contribution >= 0.6 is 12.4 Å². The number of aryl methyl sites for hydroxylation is 2. The fourth-order valence-electron chi connectivity index (χ4n) is 2.56. The topological polar surface area (TPSA) is 80.4 Å². The monoisotopic (exact) mass is 346 g/mol. The van der Waals surface area contributed by atoms with E-state index in [0.717, 1.165) is 0 Å². The number of nitrogens with zero attached hydrogens (tertiary/aromatic N) is 3. The highest BCUT2D eigenvalue weighted by Crippen LogP contribution is 2.28. The molecule has 9 heteroatoms. The molecule has 7 nitrogen and oxygen atoms in total. The first-order valence-corrected chi connectivity index (χ1v) is 8.20. The molecule has 0 radical (unpaired) electrons. The zero-order valence-electron chi connectivity index (χ0n) is 12.4. The molecule has 2 aromatic rings. The number of nitrogens with one attached hydrogen (secondary N) is 1. The van der Waals surface area contributed by atoms with Crippen LogP contribution in [0.15, 0.2) is 34.0 Å². The third-order valence-corrected chi connectivity index (χ3v) is 5.41. The molecule has 1 aliphatic rings. The Hall–Kier alpha value is -1.35. The van der Waals surface area contributed by atoms with Crippen molar-refractivity contribution in [2.45, 2.75) is 18.1 Å². The zero-order valence-corrected chi connectivity index (χ0v) is 14.0. The van der Waals surface area contributed by atoms with Crippen molar-refractivity contribution in [1.82, 2.24) is 19.2 Å². The van der Waals surface area contributed by atoms with E-state index in [1.54, 1.807) is 19.2 Å². The number of halogens is 1. The Kier molecular flexibility index (Phi) is 4.96. The standard InChI is InChI=1S/C13H18N4O3S.ClH/c1-10-3-4-12(20-10)21(18,19)17-8-5-14-9-11(17)13-15-6-7-16(13)2;/h3-4,6-7,11,14H,5,8-9H2,1-2H3;1H. The van der Waals surface area contributed by atoms with Gasteiger partial charge in [0, 0.05) is 39.1 Å². The number of imidazole rings is 1.